The summed E-state index contributed by atoms with van der Waals surface area (Å²) in [5.74, 6) is 2.59. The Morgan fingerprint density at radius 1 is 1.31 bits per heavy atom. The summed E-state index contributed by atoms with van der Waals surface area (Å²) >= 11 is 0. The highest BCUT2D eigenvalue weighted by Gasteiger charge is 2.25. The van der Waals surface area contributed by atoms with Gasteiger partial charge in [-0.3, -0.25) is 0 Å². The van der Waals surface area contributed by atoms with Crippen LogP contribution in [0.1, 0.15) is 13.3 Å². The van der Waals surface area contributed by atoms with Crippen LogP contribution in [0.3, 0.4) is 0 Å². The third-order valence-corrected chi connectivity index (χ3v) is 2.67. The first-order valence-electron chi connectivity index (χ1n) is 5.22. The highest BCUT2D eigenvalue weighted by Crippen LogP contribution is 2.43. The molecule has 0 fully saturated rings. The monoisotopic (exact) mass is 220 g/mol. The van der Waals surface area contributed by atoms with Gasteiger partial charge in [-0.25, -0.2) is 4.99 Å². The summed E-state index contributed by atoms with van der Waals surface area (Å²) in [5, 5.41) is 0. The van der Waals surface area contributed by atoms with Gasteiger partial charge in [0.25, 0.3) is 0 Å². The van der Waals surface area contributed by atoms with E-state index >= 15 is 0 Å². The van der Waals surface area contributed by atoms with Gasteiger partial charge in [-0.15, -0.1) is 0 Å². The lowest BCUT2D eigenvalue weighted by Crippen LogP contribution is -2.35. The first kappa shape index (κ1) is 9.33. The minimum atomic E-state index is -0.145. The van der Waals surface area contributed by atoms with E-state index in [1.54, 1.807) is 12.1 Å². The zero-order valence-electron chi connectivity index (χ0n) is 8.90. The average Bonchev–Trinajstić information content (AvgIpc) is 2.72. The van der Waals surface area contributed by atoms with Crippen molar-refractivity contribution in [3.05, 3.63) is 12.1 Å². The zero-order chi connectivity index (χ0) is 11.1. The number of fused-ring (bicyclic) bond motifs is 2. The molecule has 1 aromatic rings. The van der Waals surface area contributed by atoms with Gasteiger partial charge in [0.2, 0.25) is 6.79 Å². The fraction of sp³-hybridized carbons (Fsp3) is 0.364. The first-order valence-corrected chi connectivity index (χ1v) is 5.22. The van der Waals surface area contributed by atoms with Gasteiger partial charge in [0.15, 0.2) is 17.6 Å². The Bertz CT molecular complexity index is 471. The molecule has 0 saturated heterocycles. The minimum Gasteiger partial charge on any atom is -0.480 e. The van der Waals surface area contributed by atoms with E-state index in [1.807, 2.05) is 6.92 Å². The highest BCUT2D eigenvalue weighted by atomic mass is 16.7. The molecule has 2 aliphatic heterocycles. The van der Waals surface area contributed by atoms with Crippen molar-refractivity contribution in [2.24, 2.45) is 10.7 Å². The van der Waals surface area contributed by atoms with E-state index in [1.165, 1.54) is 0 Å². The number of amidine groups is 1. The standard InChI is InChI=1S/C11H12N2O3/c1-2-7-11(12)13-6-3-9-10(15-5-14-9)4-8(6)16-7/h3-4,7H,2,5H2,1H3,(H2,12,13). The molecule has 16 heavy (non-hydrogen) atoms. The number of rotatable bonds is 1. The summed E-state index contributed by atoms with van der Waals surface area (Å²) in [6.07, 6.45) is 0.649. The second-order valence-electron chi connectivity index (χ2n) is 3.72. The van der Waals surface area contributed by atoms with Crippen molar-refractivity contribution in [3.63, 3.8) is 0 Å². The quantitative estimate of drug-likeness (QED) is 0.780. The van der Waals surface area contributed by atoms with Gasteiger partial charge in [-0.05, 0) is 6.42 Å². The summed E-state index contributed by atoms with van der Waals surface area (Å²) in [7, 11) is 0. The molecule has 0 radical (unpaired) electrons. The van der Waals surface area contributed by atoms with Gasteiger partial charge in [0.05, 0.1) is 0 Å². The van der Waals surface area contributed by atoms with Gasteiger partial charge in [0, 0.05) is 12.1 Å². The van der Waals surface area contributed by atoms with Crippen molar-refractivity contribution in [1.82, 2.24) is 0 Å². The molecule has 0 saturated carbocycles. The smallest absolute Gasteiger partial charge is 0.231 e. The normalized spacial score (nSPS) is 21.1. The highest BCUT2D eigenvalue weighted by molar-refractivity contribution is 5.90. The predicted octanol–water partition coefficient (Wildman–Crippen LogP) is 1.58. The van der Waals surface area contributed by atoms with Crippen molar-refractivity contribution >= 4 is 11.5 Å². The summed E-state index contributed by atoms with van der Waals surface area (Å²) in [4.78, 5) is 4.31. The molecule has 2 N–H and O–H groups in total. The molecule has 0 aromatic heterocycles. The maximum Gasteiger partial charge on any atom is 0.231 e. The van der Waals surface area contributed by atoms with Crippen molar-refractivity contribution in [1.29, 1.82) is 0 Å². The van der Waals surface area contributed by atoms with E-state index in [0.29, 0.717) is 28.8 Å². The van der Waals surface area contributed by atoms with Gasteiger partial charge < -0.3 is 19.9 Å². The van der Waals surface area contributed by atoms with Crippen LogP contribution in [-0.4, -0.2) is 18.7 Å². The van der Waals surface area contributed by atoms with Crippen LogP contribution in [0, 0.1) is 0 Å². The van der Waals surface area contributed by atoms with E-state index < -0.39 is 0 Å². The van der Waals surface area contributed by atoms with Crippen molar-refractivity contribution in [2.45, 2.75) is 19.4 Å². The molecule has 0 bridgehead atoms. The SMILES string of the molecule is CCC1Oc2cc3c(cc2N=C1N)OCO3. The Morgan fingerprint density at radius 3 is 2.81 bits per heavy atom. The predicted molar refractivity (Wildman–Crippen MR) is 58.6 cm³/mol. The molecule has 1 unspecified atom stereocenters. The maximum atomic E-state index is 5.80. The third kappa shape index (κ3) is 1.28. The van der Waals surface area contributed by atoms with Gasteiger partial charge in [-0.1, -0.05) is 6.92 Å². The molecular weight excluding hydrogens is 208 g/mol. The molecule has 0 spiro atoms. The second-order valence-corrected chi connectivity index (χ2v) is 3.72. The molecule has 3 rings (SSSR count). The van der Waals surface area contributed by atoms with E-state index in [9.17, 15) is 0 Å². The lowest BCUT2D eigenvalue weighted by atomic mass is 10.2. The Morgan fingerprint density at radius 2 is 2.06 bits per heavy atom. The molecule has 0 amide bonds. The zero-order valence-corrected chi connectivity index (χ0v) is 8.90. The molecule has 1 atom stereocenters. The van der Waals surface area contributed by atoms with Crippen molar-refractivity contribution in [3.8, 4) is 17.2 Å². The van der Waals surface area contributed by atoms with E-state index in [2.05, 4.69) is 4.99 Å². The Hall–Kier alpha value is -1.91. The summed E-state index contributed by atoms with van der Waals surface area (Å²) in [6, 6.07) is 3.59. The van der Waals surface area contributed by atoms with Crippen LogP contribution in [0.2, 0.25) is 0 Å². The number of nitrogens with two attached hydrogens (primary N) is 1. The van der Waals surface area contributed by atoms with Crippen LogP contribution in [-0.2, 0) is 0 Å². The van der Waals surface area contributed by atoms with Crippen LogP contribution in [0.25, 0.3) is 0 Å². The van der Waals surface area contributed by atoms with E-state index in [4.69, 9.17) is 19.9 Å². The van der Waals surface area contributed by atoms with Gasteiger partial charge >= 0.3 is 0 Å². The fourth-order valence-corrected chi connectivity index (χ4v) is 1.81. The molecular formula is C11H12N2O3. The summed E-state index contributed by atoms with van der Waals surface area (Å²) in [5.41, 5.74) is 6.50. The molecule has 1 aromatic carbocycles. The van der Waals surface area contributed by atoms with Crippen LogP contribution in [0.15, 0.2) is 17.1 Å². The third-order valence-electron chi connectivity index (χ3n) is 2.67. The molecule has 2 aliphatic rings. The summed E-state index contributed by atoms with van der Waals surface area (Å²) < 4.78 is 16.3. The van der Waals surface area contributed by atoms with Crippen LogP contribution in [0.4, 0.5) is 5.69 Å². The number of hydrogen-bond acceptors (Lipinski definition) is 5. The first-order chi connectivity index (χ1) is 7.78. The van der Waals surface area contributed by atoms with E-state index in [0.717, 1.165) is 6.42 Å². The largest absolute Gasteiger partial charge is 0.480 e. The van der Waals surface area contributed by atoms with Crippen LogP contribution in [0.5, 0.6) is 17.2 Å². The number of benzene rings is 1. The van der Waals surface area contributed by atoms with Crippen LogP contribution >= 0.6 is 0 Å². The molecule has 5 heteroatoms. The number of hydrogen-bond donors (Lipinski definition) is 1. The number of ether oxygens (including phenoxy) is 3. The molecule has 2 heterocycles. The molecule has 5 nitrogen and oxygen atoms in total. The lowest BCUT2D eigenvalue weighted by Gasteiger charge is -2.23. The Kier molecular flexibility index (Phi) is 1.92. The van der Waals surface area contributed by atoms with E-state index in [-0.39, 0.29) is 12.9 Å². The van der Waals surface area contributed by atoms with Crippen LogP contribution < -0.4 is 19.9 Å². The average molecular weight is 220 g/mol. The molecule has 0 aliphatic carbocycles. The lowest BCUT2D eigenvalue weighted by molar-refractivity contribution is 0.173. The summed E-state index contributed by atoms with van der Waals surface area (Å²) in [6.45, 7) is 2.25. The van der Waals surface area contributed by atoms with Crippen molar-refractivity contribution in [2.75, 3.05) is 6.79 Å². The maximum absolute atomic E-state index is 5.80. The Balaban J connectivity index is 2.07. The fourth-order valence-electron chi connectivity index (χ4n) is 1.81. The number of nitrogens with zero attached hydrogens (tertiary/aromatic N) is 1. The molecule has 84 valence electrons. The second kappa shape index (κ2) is 3.30. The van der Waals surface area contributed by atoms with Gasteiger partial charge in [-0.2, -0.15) is 0 Å². The van der Waals surface area contributed by atoms with Crippen molar-refractivity contribution < 1.29 is 14.2 Å². The topological polar surface area (TPSA) is 66.1 Å². The number of aliphatic imine (C=N–C) groups is 1. The van der Waals surface area contributed by atoms with Gasteiger partial charge in [0.1, 0.15) is 17.3 Å². The minimum absolute atomic E-state index is 0.145. The Labute approximate surface area is 92.8 Å².